The first-order valence-electron chi connectivity index (χ1n) is 45.8. The van der Waals surface area contributed by atoms with Crippen molar-refractivity contribution < 1.29 is 4.74 Å². The Morgan fingerprint density at radius 2 is 0.993 bits per heavy atom. The van der Waals surface area contributed by atoms with E-state index in [1.807, 2.05) is 196 Å². The largest absolute Gasteiger partial charge is 0.489 e. The second kappa shape index (κ2) is 60.7. The number of ether oxygens (including phenoxy) is 1. The zero-order valence-corrected chi connectivity index (χ0v) is 96.5. The lowest BCUT2D eigenvalue weighted by Crippen LogP contribution is -2.17. The lowest BCUT2D eigenvalue weighted by atomic mass is 9.96. The molecule has 0 amide bonds. The van der Waals surface area contributed by atoms with Gasteiger partial charge < -0.3 is 25.2 Å². The molecule has 137 heavy (non-hydrogen) atoms. The average Bonchev–Trinajstić information content (AvgIpc) is 1.75. The van der Waals surface area contributed by atoms with Crippen molar-refractivity contribution in [3.8, 4) is 5.75 Å². The zero-order chi connectivity index (χ0) is 102. The molecule has 5 aromatic heterocycles. The number of nitrogens with two attached hydrogens (primary N) is 2. The summed E-state index contributed by atoms with van der Waals surface area (Å²) in [6.45, 7) is 51.4. The van der Waals surface area contributed by atoms with Crippen LogP contribution < -0.4 is 21.8 Å². The monoisotopic (exact) mass is 2180 g/mol. The number of thioether (sulfide) groups is 4. The van der Waals surface area contributed by atoms with Crippen molar-refractivity contribution in [2.24, 2.45) is 13.0 Å². The van der Waals surface area contributed by atoms with Gasteiger partial charge in [0.05, 0.1) is 88.9 Å². The minimum absolute atomic E-state index is 0.0513. The fraction of sp³-hybridized carbons (Fsp3) is 0.369. The van der Waals surface area contributed by atoms with Gasteiger partial charge in [0.1, 0.15) is 16.4 Å². The van der Waals surface area contributed by atoms with Crippen molar-refractivity contribution in [2.75, 3.05) is 11.5 Å². The number of nitrogen functional groups attached to an aromatic ring is 2. The standard InChI is InChI=1S/C14H17NOS.C13H19NS.C10H12Cl2.C10H12N2.C10H11NS2.C9H11Cl2N.C9H10Cl2O.C9H10Cl2S.C9H10Cl2.C9H12ClN.C9H11Cl/c1-14(2,3)17-12-9-13(16)15(4)11-8-6-5-7-10(11)12;1-13(2,3)15-12-8-9-14-11-7-5-4-6-10(11)12;1-7(2)6-8-4-3-5-9(11)10(8)12;1-8(2)9-7-11-10-5-3-4-6-12(9)10;1-7(2)13-9-5-3-4-8-10(9)12-6-11-8;1-5(2)6-3-4-7(12)9(11)8(6)10;2*1-6(2)12-8-5-3-4-7(10)9(8)11;1-6(2)7-3-4-8(10)9(11)5-7;1-6(2)7-4-3-5-8(11)9(7)10;1-7(2)8-4-3-5-9(10)6-8/h5-9H,1-4H3;8-9H,4-7H2,1-3H3;3-5,7H,6H2,1-2H3;3-8H,1-2H3;3-7H,1-2H3;3-5H,12H2,1-2H3;2*3-6H,1-2H3;3-6H,1-2H3;3-6H,11H2,1-2H3;3-7H,1-2H3. The van der Waals surface area contributed by atoms with Crippen molar-refractivity contribution in [1.82, 2.24) is 23.9 Å². The highest BCUT2D eigenvalue weighted by molar-refractivity contribution is 8.01. The molecule has 0 radical (unpaired) electrons. The molecule has 0 unspecified atom stereocenters. The molecule has 0 atom stereocenters. The molecule has 26 heteroatoms. The molecule has 4 N–H and O–H groups in total. The van der Waals surface area contributed by atoms with Crippen LogP contribution in [0.5, 0.6) is 5.75 Å². The zero-order valence-electron chi connectivity index (χ0n) is 83.4. The van der Waals surface area contributed by atoms with E-state index in [0.29, 0.717) is 123 Å². The summed E-state index contributed by atoms with van der Waals surface area (Å²) in [5.74, 6) is 3.66. The summed E-state index contributed by atoms with van der Waals surface area (Å²) in [7, 11) is 1.82. The van der Waals surface area contributed by atoms with Crippen LogP contribution in [0.2, 0.25) is 60.3 Å². The summed E-state index contributed by atoms with van der Waals surface area (Å²) >= 11 is 79.6. The minimum Gasteiger partial charge on any atom is -0.489 e. The third kappa shape index (κ3) is 42.6. The van der Waals surface area contributed by atoms with E-state index in [-0.39, 0.29) is 16.4 Å². The number of halogens is 12. The van der Waals surface area contributed by atoms with E-state index in [1.165, 1.54) is 68.3 Å². The normalized spacial score (nSPS) is 11.5. The average molecular weight is 2190 g/mol. The van der Waals surface area contributed by atoms with E-state index in [2.05, 4.69) is 214 Å². The summed E-state index contributed by atoms with van der Waals surface area (Å²) in [6, 6.07) is 64.3. The number of aromatic nitrogens is 5. The third-order valence-corrected chi connectivity index (χ3v) is 30.1. The molecule has 0 saturated heterocycles. The number of benzene rings is 9. The number of thiazole rings is 1. The molecular formula is C111H135Cl12N7O2S5. The van der Waals surface area contributed by atoms with E-state index in [1.54, 1.807) is 69.8 Å². The number of pyridine rings is 3. The highest BCUT2D eigenvalue weighted by Crippen LogP contribution is 2.42. The Balaban J connectivity index is 0.000000267. The maximum Gasteiger partial charge on any atom is 0.251 e. The Morgan fingerprint density at radius 1 is 0.445 bits per heavy atom. The van der Waals surface area contributed by atoms with Crippen molar-refractivity contribution in [3.05, 3.63) is 340 Å². The number of nitrogens with zero attached hydrogens (tertiary/aromatic N) is 5. The highest BCUT2D eigenvalue weighted by Gasteiger charge is 2.21. The van der Waals surface area contributed by atoms with Gasteiger partial charge in [-0.15, -0.1) is 58.4 Å². The number of fused-ring (bicyclic) bond motifs is 4. The number of imidazole rings is 1. The Kier molecular flexibility index (Phi) is 53.9. The molecular weight excluding hydrogens is 2050 g/mol. The maximum atomic E-state index is 11.9. The second-order valence-corrected chi connectivity index (χ2v) is 49.5. The van der Waals surface area contributed by atoms with Gasteiger partial charge in [0, 0.05) is 93.1 Å². The molecule has 15 rings (SSSR count). The van der Waals surface area contributed by atoms with E-state index in [4.69, 9.17) is 155 Å². The maximum absolute atomic E-state index is 11.9. The van der Waals surface area contributed by atoms with Gasteiger partial charge in [-0.25, -0.2) is 9.97 Å². The third-order valence-electron chi connectivity index (χ3n) is 19.6. The van der Waals surface area contributed by atoms with E-state index in [0.717, 1.165) is 60.0 Å². The van der Waals surface area contributed by atoms with Crippen LogP contribution in [0.25, 0.3) is 26.8 Å². The smallest absolute Gasteiger partial charge is 0.251 e. The summed E-state index contributed by atoms with van der Waals surface area (Å²) < 4.78 is 11.0. The van der Waals surface area contributed by atoms with Crippen LogP contribution in [0.3, 0.4) is 0 Å². The number of rotatable bonds is 15. The number of anilines is 2. The first-order chi connectivity index (χ1) is 64.3. The van der Waals surface area contributed by atoms with Crippen LogP contribution in [-0.4, -0.2) is 50.0 Å². The highest BCUT2D eigenvalue weighted by atomic mass is 35.5. The van der Waals surface area contributed by atoms with E-state index in [9.17, 15) is 4.79 Å². The molecule has 0 fully saturated rings. The Morgan fingerprint density at radius 3 is 1.58 bits per heavy atom. The fourth-order valence-corrected chi connectivity index (χ4v) is 20.6. The first-order valence-corrected chi connectivity index (χ1v) is 54.6. The van der Waals surface area contributed by atoms with Crippen molar-refractivity contribution >= 4 is 236 Å². The second-order valence-electron chi connectivity index (χ2n) is 36.9. The quantitative estimate of drug-likeness (QED) is 0.0752. The molecule has 9 nitrogen and oxygen atoms in total. The predicted octanol–water partition coefficient (Wildman–Crippen LogP) is 40.3. The van der Waals surface area contributed by atoms with Gasteiger partial charge in [-0.05, 0) is 218 Å². The van der Waals surface area contributed by atoms with Gasteiger partial charge in [-0.1, -0.05) is 383 Å². The summed E-state index contributed by atoms with van der Waals surface area (Å²) in [6.07, 6.45) is 12.1. The summed E-state index contributed by atoms with van der Waals surface area (Å²) in [4.78, 5) is 29.9. The van der Waals surface area contributed by atoms with Crippen molar-refractivity contribution in [2.45, 2.75) is 274 Å². The topological polar surface area (TPSA) is 126 Å². The molecule has 0 bridgehead atoms. The van der Waals surface area contributed by atoms with E-state index >= 15 is 0 Å². The lowest BCUT2D eigenvalue weighted by Gasteiger charge is -2.23. The van der Waals surface area contributed by atoms with E-state index < -0.39 is 0 Å². The van der Waals surface area contributed by atoms with Crippen LogP contribution in [0.1, 0.15) is 253 Å². The van der Waals surface area contributed by atoms with Crippen LogP contribution in [0, 0.1) is 5.92 Å². The summed E-state index contributed by atoms with van der Waals surface area (Å²) in [5, 5.41) is 9.77. The lowest BCUT2D eigenvalue weighted by molar-refractivity contribution is 0.242. The van der Waals surface area contributed by atoms with Gasteiger partial charge in [-0.3, -0.25) is 9.78 Å². The molecule has 0 spiro atoms. The van der Waals surface area contributed by atoms with Crippen LogP contribution in [-0.2, 0) is 26.3 Å². The Hall–Kier alpha value is -5.80. The number of para-hydroxylation sites is 1. The number of aryl methyl sites for hydroxylation is 2. The predicted molar refractivity (Wildman–Crippen MR) is 617 cm³/mol. The van der Waals surface area contributed by atoms with Crippen LogP contribution in [0.4, 0.5) is 11.4 Å². The first kappa shape index (κ1) is 122. The van der Waals surface area contributed by atoms with Crippen LogP contribution >= 0.6 is 198 Å². The summed E-state index contributed by atoms with van der Waals surface area (Å²) in [5.41, 5.74) is 27.4. The Labute approximate surface area is 898 Å². The van der Waals surface area contributed by atoms with Crippen LogP contribution in [0.15, 0.2) is 249 Å². The molecule has 1 aliphatic carbocycles. The molecule has 740 valence electrons. The molecule has 9 aromatic carbocycles. The van der Waals surface area contributed by atoms with Crippen molar-refractivity contribution in [3.63, 3.8) is 0 Å². The Bertz CT molecular complexity index is 5990. The van der Waals surface area contributed by atoms with Gasteiger partial charge in [0.15, 0.2) is 0 Å². The SMILES string of the molecule is CC(C)(C)Sc1ccnc2c1CCCC2.CC(C)Cc1cccc(Cl)c1Cl.CC(C)Oc1cccc(Cl)c1Cl.CC(C)Sc1cccc(Cl)c1Cl.CC(C)Sc1cccc2ncsc12.CC(C)c1ccc(Cl)c(Cl)c1.CC(C)c1ccc(N)c(Cl)c1Cl.CC(C)c1cccc(Cl)c1.CC(C)c1cccc(N)c1Cl.CC(C)c1cnc2ccccn12.Cn1c(=O)cc(SC(C)(C)C)c2ccccc21. The fourth-order valence-electron chi connectivity index (χ4n) is 13.0. The number of hydrogen-bond donors (Lipinski definition) is 2. The van der Waals surface area contributed by atoms with Gasteiger partial charge in [0.2, 0.25) is 0 Å². The minimum atomic E-state index is 0.0513. The molecule has 5 heterocycles. The molecule has 1 aliphatic rings. The van der Waals surface area contributed by atoms with Gasteiger partial charge in [-0.2, -0.15) is 0 Å². The molecule has 0 aliphatic heterocycles. The van der Waals surface area contributed by atoms with Gasteiger partial charge >= 0.3 is 0 Å². The number of hydrogen-bond acceptors (Lipinski definition) is 12. The van der Waals surface area contributed by atoms with Crippen molar-refractivity contribution in [1.29, 1.82) is 0 Å². The molecule has 0 saturated carbocycles. The van der Waals surface area contributed by atoms with Gasteiger partial charge in [0.25, 0.3) is 5.56 Å². The molecule has 14 aromatic rings.